The third kappa shape index (κ3) is 8.53. The Morgan fingerprint density at radius 2 is 1.65 bits per heavy atom. The number of benzene rings is 2. The minimum absolute atomic E-state index is 0. The van der Waals surface area contributed by atoms with Crippen LogP contribution >= 0.6 is 24.8 Å². The molecule has 4 nitrogen and oxygen atoms in total. The summed E-state index contributed by atoms with van der Waals surface area (Å²) in [5.74, 6) is 1.68. The zero-order chi connectivity index (χ0) is 20.3. The van der Waals surface area contributed by atoms with E-state index in [9.17, 15) is 0 Å². The van der Waals surface area contributed by atoms with Crippen LogP contribution in [0.25, 0.3) is 0 Å². The number of rotatable bonds is 11. The molecule has 1 saturated heterocycles. The quantitative estimate of drug-likeness (QED) is 0.407. The second kappa shape index (κ2) is 15.4. The fraction of sp³-hybridized carbons (Fsp3) is 0.520. The molecule has 2 aromatic carbocycles. The predicted molar refractivity (Wildman–Crippen MR) is 134 cm³/mol. The van der Waals surface area contributed by atoms with Crippen LogP contribution in [-0.2, 0) is 6.61 Å². The summed E-state index contributed by atoms with van der Waals surface area (Å²) >= 11 is 0. The van der Waals surface area contributed by atoms with Gasteiger partial charge >= 0.3 is 0 Å². The van der Waals surface area contributed by atoms with E-state index in [2.05, 4.69) is 47.5 Å². The van der Waals surface area contributed by atoms with Crippen LogP contribution in [-0.4, -0.2) is 37.7 Å². The number of halogens is 2. The highest BCUT2D eigenvalue weighted by Gasteiger charge is 2.23. The first-order valence-electron chi connectivity index (χ1n) is 11.2. The van der Waals surface area contributed by atoms with E-state index < -0.39 is 0 Å². The number of unbranched alkanes of at least 4 members (excludes halogenated alkanes) is 2. The molecule has 1 N–H and O–H groups in total. The van der Waals surface area contributed by atoms with Crippen molar-refractivity contribution < 1.29 is 9.47 Å². The number of piperazine rings is 1. The summed E-state index contributed by atoms with van der Waals surface area (Å²) in [5, 5.41) is 3.48. The lowest BCUT2D eigenvalue weighted by atomic mass is 9.97. The molecule has 0 unspecified atom stereocenters. The van der Waals surface area contributed by atoms with E-state index in [1.807, 2.05) is 25.1 Å². The van der Waals surface area contributed by atoms with E-state index >= 15 is 0 Å². The molecule has 0 bridgehead atoms. The van der Waals surface area contributed by atoms with Gasteiger partial charge < -0.3 is 14.8 Å². The fourth-order valence-corrected chi connectivity index (χ4v) is 4.00. The molecule has 1 heterocycles. The molecule has 3 rings (SSSR count). The van der Waals surface area contributed by atoms with Gasteiger partial charge in [0.1, 0.15) is 6.61 Å². The molecular weight excluding hydrogens is 431 g/mol. The first-order chi connectivity index (χ1) is 14.3. The van der Waals surface area contributed by atoms with Crippen molar-refractivity contribution in [2.45, 2.75) is 52.2 Å². The maximum atomic E-state index is 6.11. The maximum absolute atomic E-state index is 6.11. The topological polar surface area (TPSA) is 33.7 Å². The third-order valence-corrected chi connectivity index (χ3v) is 5.56. The average Bonchev–Trinajstić information content (AvgIpc) is 2.77. The highest BCUT2D eigenvalue weighted by molar-refractivity contribution is 5.85. The molecule has 0 aromatic heterocycles. The number of ether oxygens (including phenoxy) is 2. The minimum Gasteiger partial charge on any atom is -0.490 e. The average molecular weight is 469 g/mol. The van der Waals surface area contributed by atoms with Crippen LogP contribution in [0.1, 0.15) is 56.7 Å². The Hall–Kier alpha value is -1.46. The van der Waals surface area contributed by atoms with Gasteiger partial charge in [0.15, 0.2) is 11.5 Å². The summed E-state index contributed by atoms with van der Waals surface area (Å²) in [6, 6.07) is 17.3. The lowest BCUT2D eigenvalue weighted by Gasteiger charge is -2.35. The Morgan fingerprint density at radius 1 is 0.903 bits per heavy atom. The monoisotopic (exact) mass is 468 g/mol. The lowest BCUT2D eigenvalue weighted by molar-refractivity contribution is 0.162. The second-order valence-electron chi connectivity index (χ2n) is 7.71. The van der Waals surface area contributed by atoms with Crippen LogP contribution in [0.2, 0.25) is 0 Å². The van der Waals surface area contributed by atoms with E-state index in [1.165, 1.54) is 31.2 Å². The van der Waals surface area contributed by atoms with Crippen molar-refractivity contribution in [3.8, 4) is 11.5 Å². The van der Waals surface area contributed by atoms with Gasteiger partial charge in [-0.25, -0.2) is 0 Å². The van der Waals surface area contributed by atoms with Gasteiger partial charge in [-0.1, -0.05) is 62.6 Å². The molecule has 1 aliphatic rings. The van der Waals surface area contributed by atoms with Gasteiger partial charge in [-0.3, -0.25) is 4.90 Å². The number of hydrogen-bond donors (Lipinski definition) is 1. The van der Waals surface area contributed by atoms with E-state index in [1.54, 1.807) is 0 Å². The molecule has 0 spiro atoms. The number of nitrogens with zero attached hydrogens (tertiary/aromatic N) is 1. The van der Waals surface area contributed by atoms with Crippen molar-refractivity contribution in [2.75, 3.05) is 32.8 Å². The van der Waals surface area contributed by atoms with Crippen molar-refractivity contribution in [3.05, 3.63) is 59.7 Å². The summed E-state index contributed by atoms with van der Waals surface area (Å²) in [6.07, 6.45) is 5.01. The maximum Gasteiger partial charge on any atom is 0.161 e. The highest BCUT2D eigenvalue weighted by Crippen LogP contribution is 2.35. The molecule has 2 aromatic rings. The van der Waals surface area contributed by atoms with Gasteiger partial charge in [-0.05, 0) is 36.6 Å². The predicted octanol–water partition coefficient (Wildman–Crippen LogP) is 6.03. The molecule has 174 valence electrons. The molecule has 1 atom stereocenters. The minimum atomic E-state index is 0. The normalized spacial score (nSPS) is 14.8. The molecule has 1 fully saturated rings. The van der Waals surface area contributed by atoms with Crippen molar-refractivity contribution >= 4 is 24.8 Å². The Balaban J connectivity index is 0.00000240. The van der Waals surface area contributed by atoms with Crippen molar-refractivity contribution in [1.82, 2.24) is 10.2 Å². The lowest BCUT2D eigenvalue weighted by Crippen LogP contribution is -2.45. The first kappa shape index (κ1) is 27.6. The Kier molecular flexibility index (Phi) is 13.7. The van der Waals surface area contributed by atoms with Crippen LogP contribution in [0.4, 0.5) is 0 Å². The van der Waals surface area contributed by atoms with Gasteiger partial charge in [0.05, 0.1) is 6.61 Å². The molecule has 31 heavy (non-hydrogen) atoms. The smallest absolute Gasteiger partial charge is 0.161 e. The van der Waals surface area contributed by atoms with E-state index in [-0.39, 0.29) is 24.8 Å². The van der Waals surface area contributed by atoms with Crippen LogP contribution in [0.15, 0.2) is 48.5 Å². The zero-order valence-corrected chi connectivity index (χ0v) is 20.5. The Bertz CT molecular complexity index is 725. The molecular formula is C25H38Cl2N2O2. The van der Waals surface area contributed by atoms with Gasteiger partial charge in [0.25, 0.3) is 0 Å². The summed E-state index contributed by atoms with van der Waals surface area (Å²) < 4.78 is 12.1. The van der Waals surface area contributed by atoms with Gasteiger partial charge in [-0.2, -0.15) is 0 Å². The second-order valence-corrected chi connectivity index (χ2v) is 7.71. The van der Waals surface area contributed by atoms with E-state index in [4.69, 9.17) is 9.47 Å². The molecule has 6 heteroatoms. The Morgan fingerprint density at radius 3 is 2.32 bits per heavy atom. The highest BCUT2D eigenvalue weighted by atomic mass is 35.5. The molecule has 1 aliphatic heterocycles. The molecule has 0 saturated carbocycles. The standard InChI is InChI=1S/C25H36N2O2.2ClH/c1-3-5-7-12-23(27-17-15-26-16-18-27)22-13-14-24(25(19-22)28-4-2)29-20-21-10-8-6-9-11-21;;/h6,8-11,13-14,19,23,26H,3-5,7,12,15-18,20H2,1-2H3;2*1H/t23-;;/m1../s1. The van der Waals surface area contributed by atoms with Crippen molar-refractivity contribution in [2.24, 2.45) is 0 Å². The summed E-state index contributed by atoms with van der Waals surface area (Å²) in [7, 11) is 0. The van der Waals surface area contributed by atoms with Gasteiger partial charge in [-0.15, -0.1) is 24.8 Å². The first-order valence-corrected chi connectivity index (χ1v) is 11.2. The van der Waals surface area contributed by atoms with E-state index in [0.717, 1.165) is 43.2 Å². The number of nitrogens with one attached hydrogen (secondary N) is 1. The number of hydrogen-bond acceptors (Lipinski definition) is 4. The molecule has 0 radical (unpaired) electrons. The van der Waals surface area contributed by atoms with Gasteiger partial charge in [0.2, 0.25) is 0 Å². The molecule has 0 amide bonds. The van der Waals surface area contributed by atoms with Crippen LogP contribution in [0.5, 0.6) is 11.5 Å². The third-order valence-electron chi connectivity index (χ3n) is 5.56. The van der Waals surface area contributed by atoms with Gasteiger partial charge in [0, 0.05) is 32.2 Å². The SMILES string of the molecule is CCCCC[C@H](c1ccc(OCc2ccccc2)c(OCC)c1)N1CCNCC1.Cl.Cl. The van der Waals surface area contributed by atoms with Crippen LogP contribution < -0.4 is 14.8 Å². The van der Waals surface area contributed by atoms with E-state index in [0.29, 0.717) is 19.3 Å². The summed E-state index contributed by atoms with van der Waals surface area (Å²) in [4.78, 5) is 2.63. The van der Waals surface area contributed by atoms with Crippen LogP contribution in [0.3, 0.4) is 0 Å². The summed E-state index contributed by atoms with van der Waals surface area (Å²) in [5.41, 5.74) is 2.51. The van der Waals surface area contributed by atoms with Crippen molar-refractivity contribution in [1.29, 1.82) is 0 Å². The molecule has 0 aliphatic carbocycles. The van der Waals surface area contributed by atoms with Crippen molar-refractivity contribution in [3.63, 3.8) is 0 Å². The largest absolute Gasteiger partial charge is 0.490 e. The summed E-state index contributed by atoms with van der Waals surface area (Å²) in [6.45, 7) is 9.84. The fourth-order valence-electron chi connectivity index (χ4n) is 4.00. The Labute approximate surface area is 200 Å². The van der Waals surface area contributed by atoms with Crippen LogP contribution in [0, 0.1) is 0 Å². The zero-order valence-electron chi connectivity index (χ0n) is 18.8.